The molecule has 0 bridgehead atoms. The fourth-order valence-electron chi connectivity index (χ4n) is 1.24. The Hall–Kier alpha value is -1.49. The Kier molecular flexibility index (Phi) is 3.74. The second kappa shape index (κ2) is 4.84. The van der Waals surface area contributed by atoms with Crippen molar-refractivity contribution >= 4 is 5.69 Å². The van der Waals surface area contributed by atoms with E-state index in [9.17, 15) is 14.5 Å². The third-order valence-electron chi connectivity index (χ3n) is 2.12. The van der Waals surface area contributed by atoms with E-state index in [4.69, 9.17) is 5.73 Å². The maximum absolute atomic E-state index is 13.3. The highest BCUT2D eigenvalue weighted by Gasteiger charge is 2.10. The largest absolute Gasteiger partial charge is 0.328 e. The summed E-state index contributed by atoms with van der Waals surface area (Å²) in [6, 6.07) is 3.69. The average molecular weight is 212 g/mol. The zero-order chi connectivity index (χ0) is 11.4. The van der Waals surface area contributed by atoms with Crippen LogP contribution in [0.2, 0.25) is 0 Å². The number of nitrogens with zero attached hydrogens (tertiary/aromatic N) is 1. The topological polar surface area (TPSA) is 69.2 Å². The van der Waals surface area contributed by atoms with E-state index < -0.39 is 10.7 Å². The summed E-state index contributed by atoms with van der Waals surface area (Å²) in [6.07, 6.45) is 1.16. The Labute approximate surface area is 87.0 Å². The van der Waals surface area contributed by atoms with Crippen molar-refractivity contribution in [1.82, 2.24) is 0 Å². The highest BCUT2D eigenvalue weighted by molar-refractivity contribution is 5.34. The first kappa shape index (κ1) is 11.6. The Morgan fingerprint density at radius 2 is 2.27 bits per heavy atom. The summed E-state index contributed by atoms with van der Waals surface area (Å²) in [5.74, 6) is -0.537. The maximum atomic E-state index is 13.3. The molecular weight excluding hydrogens is 199 g/mol. The molecule has 0 amide bonds. The number of aryl methyl sites for hydroxylation is 1. The SMILES string of the molecule is CC(N)CCc1ccc([N+](=O)[O-])cc1F. The van der Waals surface area contributed by atoms with Gasteiger partial charge in [0.15, 0.2) is 0 Å². The number of halogens is 1. The van der Waals surface area contributed by atoms with Gasteiger partial charge in [-0.25, -0.2) is 4.39 Å². The molecule has 0 aromatic heterocycles. The smallest absolute Gasteiger partial charge is 0.272 e. The monoisotopic (exact) mass is 212 g/mol. The van der Waals surface area contributed by atoms with Gasteiger partial charge >= 0.3 is 0 Å². The summed E-state index contributed by atoms with van der Waals surface area (Å²) in [5.41, 5.74) is 5.78. The van der Waals surface area contributed by atoms with Gasteiger partial charge in [0, 0.05) is 12.1 Å². The van der Waals surface area contributed by atoms with Crippen LogP contribution in [-0.4, -0.2) is 11.0 Å². The summed E-state index contributed by atoms with van der Waals surface area (Å²) in [7, 11) is 0. The number of nitrogens with two attached hydrogens (primary N) is 1. The molecule has 0 spiro atoms. The van der Waals surface area contributed by atoms with E-state index in [-0.39, 0.29) is 11.7 Å². The van der Waals surface area contributed by atoms with E-state index in [1.165, 1.54) is 12.1 Å². The predicted molar refractivity (Wildman–Crippen MR) is 55.0 cm³/mol. The van der Waals surface area contributed by atoms with Crippen molar-refractivity contribution in [3.8, 4) is 0 Å². The fourth-order valence-corrected chi connectivity index (χ4v) is 1.24. The Morgan fingerprint density at radius 1 is 1.60 bits per heavy atom. The zero-order valence-electron chi connectivity index (χ0n) is 8.44. The number of non-ortho nitro benzene ring substituents is 1. The molecule has 1 rings (SSSR count). The Balaban J connectivity index is 2.79. The van der Waals surface area contributed by atoms with Crippen LogP contribution in [0.25, 0.3) is 0 Å². The minimum Gasteiger partial charge on any atom is -0.328 e. The molecule has 0 aliphatic heterocycles. The highest BCUT2D eigenvalue weighted by atomic mass is 19.1. The van der Waals surface area contributed by atoms with Crippen LogP contribution < -0.4 is 5.73 Å². The van der Waals surface area contributed by atoms with Crippen LogP contribution in [0.5, 0.6) is 0 Å². The number of hydrogen-bond acceptors (Lipinski definition) is 3. The van der Waals surface area contributed by atoms with E-state index in [1.54, 1.807) is 0 Å². The Morgan fingerprint density at radius 3 is 2.73 bits per heavy atom. The van der Waals surface area contributed by atoms with Gasteiger partial charge in [-0.3, -0.25) is 10.1 Å². The van der Waals surface area contributed by atoms with Crippen molar-refractivity contribution in [1.29, 1.82) is 0 Å². The first-order valence-corrected chi connectivity index (χ1v) is 4.69. The second-order valence-electron chi connectivity index (χ2n) is 3.55. The van der Waals surface area contributed by atoms with E-state index >= 15 is 0 Å². The minimum absolute atomic E-state index is 0.000378. The van der Waals surface area contributed by atoms with Gasteiger partial charge in [-0.05, 0) is 31.4 Å². The van der Waals surface area contributed by atoms with Gasteiger partial charge in [0.2, 0.25) is 0 Å². The van der Waals surface area contributed by atoms with Crippen molar-refractivity contribution in [2.24, 2.45) is 5.73 Å². The fraction of sp³-hybridized carbons (Fsp3) is 0.400. The minimum atomic E-state index is -0.613. The van der Waals surface area contributed by atoms with Gasteiger partial charge in [0.05, 0.1) is 11.0 Å². The van der Waals surface area contributed by atoms with E-state index in [2.05, 4.69) is 0 Å². The van der Waals surface area contributed by atoms with Gasteiger partial charge in [-0.2, -0.15) is 0 Å². The zero-order valence-corrected chi connectivity index (χ0v) is 8.44. The summed E-state index contributed by atoms with van der Waals surface area (Å²) in [4.78, 5) is 9.74. The number of nitro benzene ring substituents is 1. The highest BCUT2D eigenvalue weighted by Crippen LogP contribution is 2.17. The molecule has 1 aromatic carbocycles. The molecule has 82 valence electrons. The molecule has 5 heteroatoms. The molecule has 4 nitrogen and oxygen atoms in total. The second-order valence-corrected chi connectivity index (χ2v) is 3.55. The van der Waals surface area contributed by atoms with Crippen LogP contribution in [0.4, 0.5) is 10.1 Å². The molecule has 0 aliphatic rings. The molecule has 0 saturated carbocycles. The molecule has 0 saturated heterocycles. The van der Waals surface area contributed by atoms with Crippen molar-refractivity contribution in [3.05, 3.63) is 39.7 Å². The normalized spacial score (nSPS) is 12.5. The molecule has 1 unspecified atom stereocenters. The third kappa shape index (κ3) is 3.28. The van der Waals surface area contributed by atoms with Crippen molar-refractivity contribution in [2.45, 2.75) is 25.8 Å². The molecule has 15 heavy (non-hydrogen) atoms. The molecule has 0 radical (unpaired) electrons. The lowest BCUT2D eigenvalue weighted by Gasteiger charge is -2.05. The lowest BCUT2D eigenvalue weighted by Crippen LogP contribution is -2.15. The number of benzene rings is 1. The Bertz CT molecular complexity index is 366. The summed E-state index contributed by atoms with van der Waals surface area (Å²) in [6.45, 7) is 1.84. The van der Waals surface area contributed by atoms with Gasteiger partial charge < -0.3 is 5.73 Å². The van der Waals surface area contributed by atoms with Crippen LogP contribution in [0, 0.1) is 15.9 Å². The molecule has 0 heterocycles. The number of nitro groups is 1. The third-order valence-corrected chi connectivity index (χ3v) is 2.12. The molecule has 1 aromatic rings. The van der Waals surface area contributed by atoms with Gasteiger partial charge in [-0.15, -0.1) is 0 Å². The predicted octanol–water partition coefficient (Wildman–Crippen LogP) is 2.01. The molecule has 0 fully saturated rings. The van der Waals surface area contributed by atoms with Gasteiger partial charge in [-0.1, -0.05) is 0 Å². The molecule has 1 atom stereocenters. The summed E-state index contributed by atoms with van der Waals surface area (Å²) >= 11 is 0. The van der Waals surface area contributed by atoms with Gasteiger partial charge in [0.1, 0.15) is 5.82 Å². The van der Waals surface area contributed by atoms with E-state index in [0.717, 1.165) is 6.07 Å². The lowest BCUT2D eigenvalue weighted by atomic mass is 10.1. The van der Waals surface area contributed by atoms with Crippen LogP contribution in [-0.2, 0) is 6.42 Å². The van der Waals surface area contributed by atoms with Crippen LogP contribution in [0.1, 0.15) is 18.9 Å². The molecule has 0 aliphatic carbocycles. The standard InChI is InChI=1S/C10H13FN2O2/c1-7(12)2-3-8-4-5-9(13(14)15)6-10(8)11/h4-7H,2-3,12H2,1H3. The molecule has 2 N–H and O–H groups in total. The van der Waals surface area contributed by atoms with Crippen molar-refractivity contribution < 1.29 is 9.31 Å². The van der Waals surface area contributed by atoms with E-state index in [1.807, 2.05) is 6.92 Å². The summed E-state index contributed by atoms with van der Waals surface area (Å²) < 4.78 is 13.3. The molecular formula is C10H13FN2O2. The van der Waals surface area contributed by atoms with E-state index in [0.29, 0.717) is 18.4 Å². The van der Waals surface area contributed by atoms with Gasteiger partial charge in [0.25, 0.3) is 5.69 Å². The lowest BCUT2D eigenvalue weighted by molar-refractivity contribution is -0.385. The van der Waals surface area contributed by atoms with Crippen molar-refractivity contribution in [3.63, 3.8) is 0 Å². The van der Waals surface area contributed by atoms with Crippen LogP contribution in [0.3, 0.4) is 0 Å². The quantitative estimate of drug-likeness (QED) is 0.613. The maximum Gasteiger partial charge on any atom is 0.272 e. The first-order chi connectivity index (χ1) is 7.00. The summed E-state index contributed by atoms with van der Waals surface area (Å²) in [5, 5.41) is 10.3. The number of rotatable bonds is 4. The number of hydrogen-bond donors (Lipinski definition) is 1. The average Bonchev–Trinajstić information content (AvgIpc) is 2.15. The van der Waals surface area contributed by atoms with Crippen molar-refractivity contribution in [2.75, 3.05) is 0 Å². The van der Waals surface area contributed by atoms with Crippen LogP contribution >= 0.6 is 0 Å². The van der Waals surface area contributed by atoms with Crippen LogP contribution in [0.15, 0.2) is 18.2 Å². The first-order valence-electron chi connectivity index (χ1n) is 4.69.